The molecule has 0 saturated heterocycles. The van der Waals surface area contributed by atoms with Crippen LogP contribution in [0.1, 0.15) is 82.9 Å². The number of fused-ring (bicyclic) bond motifs is 1. The summed E-state index contributed by atoms with van der Waals surface area (Å²) in [6.07, 6.45) is 7.26. The Balaban J connectivity index is 1.75. The smallest absolute Gasteiger partial charge is 0.261 e. The number of unbranched alkanes of at least 4 members (excludes halogenated alkanes) is 1. The van der Waals surface area contributed by atoms with Gasteiger partial charge in [0.2, 0.25) is 0 Å². The Labute approximate surface area is 142 Å². The average molecular weight is 328 g/mol. The first kappa shape index (κ1) is 16.7. The van der Waals surface area contributed by atoms with E-state index in [2.05, 4.69) is 5.32 Å². The summed E-state index contributed by atoms with van der Waals surface area (Å²) in [5.74, 6) is -0.685. The number of nitrogens with one attached hydrogen (secondary N) is 1. The van der Waals surface area contributed by atoms with Crippen LogP contribution < -0.4 is 5.32 Å². The highest BCUT2D eigenvalue weighted by Gasteiger charge is 2.35. The van der Waals surface area contributed by atoms with Gasteiger partial charge in [-0.25, -0.2) is 0 Å². The molecule has 1 fully saturated rings. The van der Waals surface area contributed by atoms with E-state index in [0.717, 1.165) is 38.5 Å². The van der Waals surface area contributed by atoms with E-state index < -0.39 is 0 Å². The van der Waals surface area contributed by atoms with Gasteiger partial charge < -0.3 is 5.32 Å². The first-order valence-corrected chi connectivity index (χ1v) is 8.93. The molecule has 1 aliphatic carbocycles. The fourth-order valence-electron chi connectivity index (χ4n) is 3.47. The van der Waals surface area contributed by atoms with Gasteiger partial charge in [0.05, 0.1) is 11.1 Å². The average Bonchev–Trinajstić information content (AvgIpc) is 2.84. The molecule has 0 atom stereocenters. The monoisotopic (exact) mass is 328 g/mol. The van der Waals surface area contributed by atoms with Crippen LogP contribution in [0, 0.1) is 0 Å². The lowest BCUT2D eigenvalue weighted by molar-refractivity contribution is 0.0652. The van der Waals surface area contributed by atoms with Crippen molar-refractivity contribution >= 4 is 17.7 Å². The third-order valence-electron chi connectivity index (χ3n) is 4.91. The van der Waals surface area contributed by atoms with E-state index in [1.807, 2.05) is 6.92 Å². The van der Waals surface area contributed by atoms with Crippen LogP contribution in [-0.4, -0.2) is 35.2 Å². The van der Waals surface area contributed by atoms with Crippen molar-refractivity contribution in [2.45, 2.75) is 57.9 Å². The van der Waals surface area contributed by atoms with Gasteiger partial charge in [-0.05, 0) is 37.5 Å². The number of carbonyl (C=O) groups is 3. The molecule has 1 heterocycles. The van der Waals surface area contributed by atoms with Gasteiger partial charge in [-0.3, -0.25) is 19.3 Å². The van der Waals surface area contributed by atoms with Crippen molar-refractivity contribution < 1.29 is 14.4 Å². The van der Waals surface area contributed by atoms with E-state index in [9.17, 15) is 14.4 Å². The lowest BCUT2D eigenvalue weighted by Crippen LogP contribution is -2.36. The lowest BCUT2D eigenvalue weighted by atomic mass is 9.95. The summed E-state index contributed by atoms with van der Waals surface area (Å²) in [4.78, 5) is 38.5. The van der Waals surface area contributed by atoms with Crippen LogP contribution in [0.5, 0.6) is 0 Å². The van der Waals surface area contributed by atoms with Crippen molar-refractivity contribution in [3.8, 4) is 0 Å². The van der Waals surface area contributed by atoms with Crippen molar-refractivity contribution in [1.82, 2.24) is 10.2 Å². The quantitative estimate of drug-likeness (QED) is 0.844. The van der Waals surface area contributed by atoms with Gasteiger partial charge in [0.25, 0.3) is 17.7 Å². The molecule has 24 heavy (non-hydrogen) atoms. The van der Waals surface area contributed by atoms with Crippen LogP contribution in [-0.2, 0) is 0 Å². The lowest BCUT2D eigenvalue weighted by Gasteiger charge is -2.22. The molecule has 0 unspecified atom stereocenters. The van der Waals surface area contributed by atoms with Gasteiger partial charge in [-0.15, -0.1) is 0 Å². The van der Waals surface area contributed by atoms with Crippen LogP contribution >= 0.6 is 0 Å². The Bertz CT molecular complexity index is 663. The number of imide groups is 1. The van der Waals surface area contributed by atoms with E-state index in [1.54, 1.807) is 18.2 Å². The van der Waals surface area contributed by atoms with Crippen molar-refractivity contribution in [3.05, 3.63) is 34.9 Å². The second-order valence-electron chi connectivity index (χ2n) is 6.68. The van der Waals surface area contributed by atoms with E-state index in [1.165, 1.54) is 11.3 Å². The fraction of sp³-hybridized carbons (Fsp3) is 0.526. The van der Waals surface area contributed by atoms with Crippen molar-refractivity contribution in [3.63, 3.8) is 0 Å². The maximum absolute atomic E-state index is 12.5. The van der Waals surface area contributed by atoms with Crippen LogP contribution in [0.3, 0.4) is 0 Å². The molecule has 0 spiro atoms. The normalized spacial score (nSPS) is 18.0. The molecular formula is C19H24N2O3. The second-order valence-corrected chi connectivity index (χ2v) is 6.68. The topological polar surface area (TPSA) is 66.5 Å². The molecule has 0 bridgehead atoms. The van der Waals surface area contributed by atoms with Crippen LogP contribution in [0.2, 0.25) is 0 Å². The van der Waals surface area contributed by atoms with Gasteiger partial charge in [0, 0.05) is 18.2 Å². The Kier molecular flexibility index (Phi) is 4.97. The third-order valence-corrected chi connectivity index (χ3v) is 4.91. The standard InChI is InChI=1S/C19H24N2O3/c1-2-3-11-21-18(23)15-10-9-13(12-16(15)19(21)24)17(22)20-14-7-5-4-6-8-14/h9-10,12,14H,2-8,11H2,1H3,(H,20,22). The number of amides is 3. The minimum absolute atomic E-state index is 0.156. The maximum atomic E-state index is 12.5. The van der Waals surface area contributed by atoms with E-state index >= 15 is 0 Å². The van der Waals surface area contributed by atoms with Crippen LogP contribution in [0.15, 0.2) is 18.2 Å². The molecule has 1 N–H and O–H groups in total. The molecule has 5 heteroatoms. The molecule has 0 aromatic heterocycles. The zero-order valence-corrected chi connectivity index (χ0v) is 14.1. The van der Waals surface area contributed by atoms with Gasteiger partial charge in [-0.1, -0.05) is 32.6 Å². The SMILES string of the molecule is CCCCN1C(=O)c2ccc(C(=O)NC3CCCCC3)cc2C1=O. The summed E-state index contributed by atoms with van der Waals surface area (Å²) in [5, 5.41) is 3.05. The fourth-order valence-corrected chi connectivity index (χ4v) is 3.47. The molecule has 128 valence electrons. The molecule has 3 amide bonds. The summed E-state index contributed by atoms with van der Waals surface area (Å²) in [6.45, 7) is 2.46. The predicted molar refractivity (Wildman–Crippen MR) is 91.1 cm³/mol. The number of carbonyl (C=O) groups excluding carboxylic acids is 3. The number of hydrogen-bond donors (Lipinski definition) is 1. The van der Waals surface area contributed by atoms with Gasteiger partial charge >= 0.3 is 0 Å². The number of benzene rings is 1. The predicted octanol–water partition coefficient (Wildman–Crippen LogP) is 3.15. The zero-order chi connectivity index (χ0) is 17.1. The highest BCUT2D eigenvalue weighted by molar-refractivity contribution is 6.22. The Morgan fingerprint density at radius 2 is 1.83 bits per heavy atom. The van der Waals surface area contributed by atoms with Crippen LogP contribution in [0.4, 0.5) is 0 Å². The van der Waals surface area contributed by atoms with E-state index in [0.29, 0.717) is 23.2 Å². The van der Waals surface area contributed by atoms with Crippen LogP contribution in [0.25, 0.3) is 0 Å². The Hall–Kier alpha value is -2.17. The molecule has 0 radical (unpaired) electrons. The third kappa shape index (κ3) is 3.21. The molecule has 1 aromatic carbocycles. The molecule has 3 rings (SSSR count). The Morgan fingerprint density at radius 1 is 1.12 bits per heavy atom. The molecule has 5 nitrogen and oxygen atoms in total. The maximum Gasteiger partial charge on any atom is 0.261 e. The van der Waals surface area contributed by atoms with E-state index in [-0.39, 0.29) is 23.8 Å². The molecular weight excluding hydrogens is 304 g/mol. The summed E-state index contributed by atoms with van der Waals surface area (Å²) in [6, 6.07) is 5.04. The molecule has 2 aliphatic rings. The summed E-state index contributed by atoms with van der Waals surface area (Å²) >= 11 is 0. The van der Waals surface area contributed by atoms with Crippen molar-refractivity contribution in [2.24, 2.45) is 0 Å². The first-order valence-electron chi connectivity index (χ1n) is 8.93. The summed E-state index contributed by atoms with van der Waals surface area (Å²) < 4.78 is 0. The van der Waals surface area contributed by atoms with Gasteiger partial charge in [0.1, 0.15) is 0 Å². The number of hydrogen-bond acceptors (Lipinski definition) is 3. The molecule has 1 aromatic rings. The highest BCUT2D eigenvalue weighted by atomic mass is 16.2. The number of rotatable bonds is 5. The minimum Gasteiger partial charge on any atom is -0.349 e. The first-order chi connectivity index (χ1) is 11.6. The Morgan fingerprint density at radius 3 is 2.54 bits per heavy atom. The minimum atomic E-state index is -0.282. The second kappa shape index (κ2) is 7.16. The molecule has 1 saturated carbocycles. The highest BCUT2D eigenvalue weighted by Crippen LogP contribution is 2.25. The van der Waals surface area contributed by atoms with Gasteiger partial charge in [-0.2, -0.15) is 0 Å². The zero-order valence-electron chi connectivity index (χ0n) is 14.1. The van der Waals surface area contributed by atoms with Gasteiger partial charge in [0.15, 0.2) is 0 Å². The van der Waals surface area contributed by atoms with E-state index in [4.69, 9.17) is 0 Å². The van der Waals surface area contributed by atoms with Crippen molar-refractivity contribution in [2.75, 3.05) is 6.54 Å². The summed E-state index contributed by atoms with van der Waals surface area (Å²) in [7, 11) is 0. The summed E-state index contributed by atoms with van der Waals surface area (Å²) in [5.41, 5.74) is 1.22. The largest absolute Gasteiger partial charge is 0.349 e. The van der Waals surface area contributed by atoms with Crippen molar-refractivity contribution in [1.29, 1.82) is 0 Å². The molecule has 1 aliphatic heterocycles. The number of nitrogens with zero attached hydrogens (tertiary/aromatic N) is 1.